The number of carbonyl (C=O) groups excluding carboxylic acids is 1. The molecule has 0 radical (unpaired) electrons. The Balaban J connectivity index is 2.58. The van der Waals surface area contributed by atoms with Crippen LogP contribution in [0.25, 0.3) is 0 Å². The molecule has 0 aliphatic heterocycles. The summed E-state index contributed by atoms with van der Waals surface area (Å²) >= 11 is 0. The molecule has 3 N–H and O–H groups in total. The first-order chi connectivity index (χ1) is 7.94. The summed E-state index contributed by atoms with van der Waals surface area (Å²) in [5.41, 5.74) is 0. The molecule has 0 bridgehead atoms. The first-order valence-corrected chi connectivity index (χ1v) is 6.99. The Hall–Kier alpha value is -0.860. The van der Waals surface area contributed by atoms with Crippen LogP contribution in [0.1, 0.15) is 32.1 Å². The maximum Gasteiger partial charge on any atom is 0.421 e. The molecular formula is C9H18N2O5S. The third-order valence-electron chi connectivity index (χ3n) is 2.69. The molecule has 1 rings (SSSR count). The van der Waals surface area contributed by atoms with Crippen LogP contribution in [0.5, 0.6) is 0 Å². The quantitative estimate of drug-likeness (QED) is 0.617. The molecule has 1 fully saturated rings. The summed E-state index contributed by atoms with van der Waals surface area (Å²) in [7, 11) is -2.90. The Morgan fingerprint density at radius 3 is 2.59 bits per heavy atom. The zero-order chi connectivity index (χ0) is 12.9. The molecule has 0 aromatic heterocycles. The lowest BCUT2D eigenvalue weighted by Gasteiger charge is -2.21. The second-order valence-corrected chi connectivity index (χ2v) is 5.47. The molecule has 0 aromatic rings. The number of hydrogen-bond donors (Lipinski definition) is 3. The standard InChI is InChI=1S/C9H18N2O5S/c1-16-9(13)11-17(14,15)10-7-5-3-2-4-6-8(7)12/h7-8,10,12H,2-6H2,1H3,(H,11,13). The van der Waals surface area contributed by atoms with Crippen LogP contribution in [-0.2, 0) is 14.9 Å². The van der Waals surface area contributed by atoms with Crippen LogP contribution in [0, 0.1) is 0 Å². The molecule has 1 aliphatic carbocycles. The van der Waals surface area contributed by atoms with Crippen molar-refractivity contribution in [3.8, 4) is 0 Å². The highest BCUT2D eigenvalue weighted by Gasteiger charge is 2.27. The van der Waals surface area contributed by atoms with Crippen molar-refractivity contribution in [2.75, 3.05) is 7.11 Å². The molecule has 100 valence electrons. The lowest BCUT2D eigenvalue weighted by Crippen LogP contribution is -2.49. The normalized spacial score (nSPS) is 26.0. The van der Waals surface area contributed by atoms with Crippen molar-refractivity contribution in [1.29, 1.82) is 0 Å². The molecule has 0 saturated heterocycles. The van der Waals surface area contributed by atoms with E-state index in [1.807, 2.05) is 0 Å². The van der Waals surface area contributed by atoms with E-state index < -0.39 is 28.4 Å². The van der Waals surface area contributed by atoms with Crippen molar-refractivity contribution < 1.29 is 23.1 Å². The second kappa shape index (κ2) is 6.18. The van der Waals surface area contributed by atoms with Gasteiger partial charge in [0.15, 0.2) is 0 Å². The lowest BCUT2D eigenvalue weighted by molar-refractivity contribution is 0.130. The van der Waals surface area contributed by atoms with Gasteiger partial charge in [-0.05, 0) is 12.8 Å². The average Bonchev–Trinajstić information content (AvgIpc) is 2.43. The van der Waals surface area contributed by atoms with E-state index in [0.29, 0.717) is 12.8 Å². The molecule has 2 atom stereocenters. The van der Waals surface area contributed by atoms with Crippen LogP contribution in [0.3, 0.4) is 0 Å². The number of amides is 1. The minimum absolute atomic E-state index is 0.556. The largest absolute Gasteiger partial charge is 0.452 e. The van der Waals surface area contributed by atoms with E-state index in [1.165, 1.54) is 0 Å². The van der Waals surface area contributed by atoms with Crippen molar-refractivity contribution in [1.82, 2.24) is 9.44 Å². The van der Waals surface area contributed by atoms with Gasteiger partial charge in [0.1, 0.15) is 0 Å². The van der Waals surface area contributed by atoms with Gasteiger partial charge >= 0.3 is 16.3 Å². The molecule has 2 unspecified atom stereocenters. The van der Waals surface area contributed by atoms with Crippen molar-refractivity contribution in [3.05, 3.63) is 0 Å². The number of carbonyl (C=O) groups is 1. The summed E-state index contributed by atoms with van der Waals surface area (Å²) in [6.07, 6.45) is 2.05. The van der Waals surface area contributed by atoms with Gasteiger partial charge in [0.05, 0.1) is 13.2 Å². The van der Waals surface area contributed by atoms with E-state index in [1.54, 1.807) is 4.72 Å². The Morgan fingerprint density at radius 2 is 1.94 bits per heavy atom. The molecule has 0 aromatic carbocycles. The molecule has 1 aliphatic rings. The Morgan fingerprint density at radius 1 is 1.29 bits per heavy atom. The summed E-state index contributed by atoms with van der Waals surface area (Å²) < 4.78 is 31.1. The predicted molar refractivity (Wildman–Crippen MR) is 60.5 cm³/mol. The van der Waals surface area contributed by atoms with Crippen LogP contribution >= 0.6 is 0 Å². The van der Waals surface area contributed by atoms with E-state index in [9.17, 15) is 18.3 Å². The van der Waals surface area contributed by atoms with Gasteiger partial charge in [-0.3, -0.25) is 0 Å². The van der Waals surface area contributed by atoms with Crippen molar-refractivity contribution in [3.63, 3.8) is 0 Å². The number of methoxy groups -OCH3 is 1. The lowest BCUT2D eigenvalue weighted by atomic mass is 10.1. The number of hydrogen-bond acceptors (Lipinski definition) is 5. The minimum atomic E-state index is -3.98. The van der Waals surface area contributed by atoms with E-state index in [2.05, 4.69) is 9.46 Å². The van der Waals surface area contributed by atoms with Gasteiger partial charge < -0.3 is 9.84 Å². The van der Waals surface area contributed by atoms with Crippen LogP contribution in [0.15, 0.2) is 0 Å². The van der Waals surface area contributed by atoms with Gasteiger partial charge in [0.2, 0.25) is 0 Å². The zero-order valence-electron chi connectivity index (χ0n) is 9.68. The fraction of sp³-hybridized carbons (Fsp3) is 0.889. The number of aliphatic hydroxyl groups is 1. The number of rotatable bonds is 3. The third-order valence-corrected chi connectivity index (χ3v) is 3.74. The van der Waals surface area contributed by atoms with Crippen LogP contribution in [-0.4, -0.2) is 38.9 Å². The highest BCUT2D eigenvalue weighted by molar-refractivity contribution is 7.88. The summed E-state index contributed by atoms with van der Waals surface area (Å²) in [5, 5.41) is 9.73. The smallest absolute Gasteiger partial charge is 0.421 e. The van der Waals surface area contributed by atoms with Gasteiger partial charge in [-0.25, -0.2) is 9.52 Å². The average molecular weight is 266 g/mol. The van der Waals surface area contributed by atoms with E-state index >= 15 is 0 Å². The summed E-state index contributed by atoms with van der Waals surface area (Å²) in [6.45, 7) is 0. The molecule has 17 heavy (non-hydrogen) atoms. The molecule has 1 amide bonds. The molecule has 8 heteroatoms. The van der Waals surface area contributed by atoms with E-state index in [4.69, 9.17) is 0 Å². The van der Waals surface area contributed by atoms with Crippen molar-refractivity contribution in [2.24, 2.45) is 0 Å². The SMILES string of the molecule is COC(=O)NS(=O)(=O)NC1CCCCCC1O. The maximum absolute atomic E-state index is 11.5. The topological polar surface area (TPSA) is 105 Å². The van der Waals surface area contributed by atoms with Crippen molar-refractivity contribution >= 4 is 16.3 Å². The maximum atomic E-state index is 11.5. The Labute approximate surface area is 101 Å². The van der Waals surface area contributed by atoms with Gasteiger partial charge in [-0.1, -0.05) is 19.3 Å². The van der Waals surface area contributed by atoms with E-state index in [-0.39, 0.29) is 0 Å². The molecule has 0 spiro atoms. The summed E-state index contributed by atoms with van der Waals surface area (Å²) in [4.78, 5) is 10.8. The molecule has 0 heterocycles. The summed E-state index contributed by atoms with van der Waals surface area (Å²) in [5.74, 6) is 0. The molecule has 7 nitrogen and oxygen atoms in total. The number of nitrogens with one attached hydrogen (secondary N) is 2. The number of aliphatic hydroxyl groups excluding tert-OH is 1. The Kier molecular flexibility index (Phi) is 5.16. The monoisotopic (exact) mass is 266 g/mol. The van der Waals surface area contributed by atoms with Crippen LogP contribution in [0.4, 0.5) is 4.79 Å². The second-order valence-electron chi connectivity index (χ2n) is 4.03. The first kappa shape index (κ1) is 14.2. The molecule has 1 saturated carbocycles. The Bertz CT molecular complexity index is 356. The van der Waals surface area contributed by atoms with Crippen molar-refractivity contribution in [2.45, 2.75) is 44.2 Å². The predicted octanol–water partition coefficient (Wildman–Crippen LogP) is -0.130. The third kappa shape index (κ3) is 4.88. The van der Waals surface area contributed by atoms with Gasteiger partial charge in [0, 0.05) is 6.04 Å². The minimum Gasteiger partial charge on any atom is -0.452 e. The van der Waals surface area contributed by atoms with E-state index in [0.717, 1.165) is 26.4 Å². The van der Waals surface area contributed by atoms with Crippen LogP contribution in [0.2, 0.25) is 0 Å². The van der Waals surface area contributed by atoms with Gasteiger partial charge in [0.25, 0.3) is 0 Å². The highest BCUT2D eigenvalue weighted by atomic mass is 32.2. The zero-order valence-corrected chi connectivity index (χ0v) is 10.5. The molecular weight excluding hydrogens is 248 g/mol. The fourth-order valence-corrected chi connectivity index (χ4v) is 2.84. The summed E-state index contributed by atoms with van der Waals surface area (Å²) in [6, 6.07) is -0.556. The van der Waals surface area contributed by atoms with Gasteiger partial charge in [-0.15, -0.1) is 0 Å². The first-order valence-electron chi connectivity index (χ1n) is 5.50. The number of ether oxygens (including phenoxy) is 1. The highest BCUT2D eigenvalue weighted by Crippen LogP contribution is 2.18. The van der Waals surface area contributed by atoms with Gasteiger partial charge in [-0.2, -0.15) is 13.1 Å². The fourth-order valence-electron chi connectivity index (χ4n) is 1.81. The van der Waals surface area contributed by atoms with Crippen LogP contribution < -0.4 is 9.44 Å².